The van der Waals surface area contributed by atoms with Gasteiger partial charge in [-0.25, -0.2) is 4.99 Å². The highest BCUT2D eigenvalue weighted by molar-refractivity contribution is 8.18. The lowest BCUT2D eigenvalue weighted by Crippen LogP contribution is -2.29. The van der Waals surface area contributed by atoms with Crippen LogP contribution >= 0.6 is 11.8 Å². The zero-order valence-corrected chi connectivity index (χ0v) is 18.3. The second-order valence-corrected chi connectivity index (χ2v) is 8.37. The third-order valence-corrected chi connectivity index (χ3v) is 6.42. The van der Waals surface area contributed by atoms with E-state index < -0.39 is 0 Å². The predicted molar refractivity (Wildman–Crippen MR) is 126 cm³/mol. The Hall–Kier alpha value is -2.73. The van der Waals surface area contributed by atoms with E-state index in [2.05, 4.69) is 22.0 Å². The lowest BCUT2D eigenvalue weighted by Gasteiger charge is -2.29. The van der Waals surface area contributed by atoms with E-state index in [1.807, 2.05) is 49.4 Å². The molecular formula is C24H27N3O2S. The third-order valence-electron chi connectivity index (χ3n) is 5.41. The average Bonchev–Trinajstić information content (AvgIpc) is 3.09. The van der Waals surface area contributed by atoms with Gasteiger partial charge in [0.15, 0.2) is 5.17 Å². The van der Waals surface area contributed by atoms with Crippen LogP contribution in [0.3, 0.4) is 0 Å². The van der Waals surface area contributed by atoms with Gasteiger partial charge in [0, 0.05) is 37.0 Å². The van der Waals surface area contributed by atoms with Crippen LogP contribution in [0, 0.1) is 0 Å². The maximum atomic E-state index is 13.0. The summed E-state index contributed by atoms with van der Waals surface area (Å²) in [6.45, 7) is 4.72. The summed E-state index contributed by atoms with van der Waals surface area (Å²) >= 11 is 1.41. The van der Waals surface area contributed by atoms with Crippen molar-refractivity contribution in [2.75, 3.05) is 31.6 Å². The molecule has 4 rings (SSSR count). The van der Waals surface area contributed by atoms with Gasteiger partial charge in [-0.2, -0.15) is 0 Å². The Morgan fingerprint density at radius 1 is 1.10 bits per heavy atom. The van der Waals surface area contributed by atoms with E-state index in [4.69, 9.17) is 4.74 Å². The Bertz CT molecular complexity index is 966. The lowest BCUT2D eigenvalue weighted by molar-refractivity contribution is -0.122. The Morgan fingerprint density at radius 2 is 1.87 bits per heavy atom. The number of amides is 1. The molecule has 0 unspecified atom stereocenters. The molecule has 30 heavy (non-hydrogen) atoms. The molecule has 0 saturated carbocycles. The van der Waals surface area contributed by atoms with Gasteiger partial charge >= 0.3 is 0 Å². The smallest absolute Gasteiger partial charge is 0.266 e. The van der Waals surface area contributed by atoms with Crippen LogP contribution in [0.5, 0.6) is 5.75 Å². The van der Waals surface area contributed by atoms with E-state index in [-0.39, 0.29) is 5.91 Å². The summed E-state index contributed by atoms with van der Waals surface area (Å²) in [7, 11) is 1.68. The Morgan fingerprint density at radius 3 is 2.57 bits per heavy atom. The molecular weight excluding hydrogens is 394 g/mol. The topological polar surface area (TPSA) is 45.1 Å². The molecule has 0 N–H and O–H groups in total. The Labute approximate surface area is 182 Å². The molecule has 2 saturated heterocycles. The van der Waals surface area contributed by atoms with Gasteiger partial charge in [0.25, 0.3) is 5.91 Å². The Balaban J connectivity index is 1.62. The molecule has 0 spiro atoms. The van der Waals surface area contributed by atoms with Gasteiger partial charge in [0.2, 0.25) is 0 Å². The van der Waals surface area contributed by atoms with E-state index in [1.165, 1.54) is 36.7 Å². The molecule has 0 aromatic heterocycles. The molecule has 2 aromatic carbocycles. The first-order valence-corrected chi connectivity index (χ1v) is 11.3. The summed E-state index contributed by atoms with van der Waals surface area (Å²) < 4.78 is 5.66. The number of carbonyl (C=O) groups is 1. The number of amidine groups is 1. The number of likely N-dealkylation sites (N-methyl/N-ethyl adjacent to an activating group) is 1. The number of carbonyl (C=O) groups excluding carboxylic acids is 1. The van der Waals surface area contributed by atoms with Gasteiger partial charge in [0.1, 0.15) is 5.75 Å². The quantitative estimate of drug-likeness (QED) is 0.614. The minimum absolute atomic E-state index is 0.0145. The second-order valence-electron chi connectivity index (χ2n) is 7.36. The summed E-state index contributed by atoms with van der Waals surface area (Å²) in [4.78, 5) is 22.4. The maximum Gasteiger partial charge on any atom is 0.266 e. The number of thioether (sulfide) groups is 1. The Kier molecular flexibility index (Phi) is 6.43. The largest absolute Gasteiger partial charge is 0.496 e. The van der Waals surface area contributed by atoms with E-state index in [0.29, 0.717) is 16.6 Å². The fraction of sp³-hybridized carbons (Fsp3) is 0.333. The van der Waals surface area contributed by atoms with Gasteiger partial charge < -0.3 is 9.64 Å². The van der Waals surface area contributed by atoms with Crippen LogP contribution in [0.25, 0.3) is 6.08 Å². The highest BCUT2D eigenvalue weighted by Gasteiger charge is 2.32. The fourth-order valence-electron chi connectivity index (χ4n) is 3.79. The number of rotatable bonds is 5. The minimum Gasteiger partial charge on any atom is -0.496 e. The molecule has 2 aromatic rings. The van der Waals surface area contributed by atoms with Crippen molar-refractivity contribution in [3.05, 3.63) is 59.0 Å². The monoisotopic (exact) mass is 421 g/mol. The molecule has 0 aliphatic carbocycles. The van der Waals surface area contributed by atoms with Gasteiger partial charge in [-0.1, -0.05) is 18.2 Å². The van der Waals surface area contributed by atoms with Crippen molar-refractivity contribution in [1.29, 1.82) is 0 Å². The van der Waals surface area contributed by atoms with Crippen molar-refractivity contribution >= 4 is 40.3 Å². The van der Waals surface area contributed by atoms with Crippen LogP contribution in [0.4, 0.5) is 11.4 Å². The van der Waals surface area contributed by atoms with Crippen LogP contribution < -0.4 is 9.64 Å². The number of methoxy groups -OCH3 is 1. The number of para-hydroxylation sites is 1. The molecule has 156 valence electrons. The predicted octanol–water partition coefficient (Wildman–Crippen LogP) is 5.31. The number of aliphatic imine (C=N–C) groups is 1. The zero-order valence-electron chi connectivity index (χ0n) is 17.5. The van der Waals surface area contributed by atoms with Gasteiger partial charge in [-0.05, 0) is 68.3 Å². The minimum atomic E-state index is -0.0145. The summed E-state index contributed by atoms with van der Waals surface area (Å²) in [6, 6.07) is 16.0. The average molecular weight is 422 g/mol. The van der Waals surface area contributed by atoms with Crippen molar-refractivity contribution in [2.45, 2.75) is 26.2 Å². The lowest BCUT2D eigenvalue weighted by atomic mass is 10.1. The summed E-state index contributed by atoms with van der Waals surface area (Å²) in [5.41, 5.74) is 2.93. The molecule has 0 bridgehead atoms. The van der Waals surface area contributed by atoms with Crippen molar-refractivity contribution in [3.63, 3.8) is 0 Å². The number of anilines is 1. The van der Waals surface area contributed by atoms with Gasteiger partial charge in [-0.15, -0.1) is 0 Å². The van der Waals surface area contributed by atoms with Crippen molar-refractivity contribution in [1.82, 2.24) is 4.90 Å². The van der Waals surface area contributed by atoms with Gasteiger partial charge in [-0.3, -0.25) is 9.69 Å². The highest BCUT2D eigenvalue weighted by atomic mass is 32.2. The molecule has 2 aliphatic heterocycles. The van der Waals surface area contributed by atoms with Crippen molar-refractivity contribution in [2.24, 2.45) is 4.99 Å². The first-order valence-electron chi connectivity index (χ1n) is 10.5. The number of benzene rings is 2. The van der Waals surface area contributed by atoms with Crippen LogP contribution in [0.15, 0.2) is 58.4 Å². The van der Waals surface area contributed by atoms with Crippen molar-refractivity contribution in [3.8, 4) is 5.75 Å². The summed E-state index contributed by atoms with van der Waals surface area (Å²) in [6.07, 6.45) is 5.69. The SMILES string of the molecule is CCN1C(=O)/C(=C/c2ccc(N3CCCCC3)cc2OC)SC1=Nc1ccccc1. The van der Waals surface area contributed by atoms with Crippen LogP contribution in [-0.2, 0) is 4.79 Å². The molecule has 5 nitrogen and oxygen atoms in total. The zero-order chi connectivity index (χ0) is 20.9. The molecule has 1 amide bonds. The van der Waals surface area contributed by atoms with E-state index >= 15 is 0 Å². The second kappa shape index (κ2) is 9.39. The van der Waals surface area contributed by atoms with Crippen LogP contribution in [0.2, 0.25) is 0 Å². The maximum absolute atomic E-state index is 13.0. The summed E-state index contributed by atoms with van der Waals surface area (Å²) in [5, 5.41) is 0.712. The number of ether oxygens (including phenoxy) is 1. The molecule has 6 heteroatoms. The standard InChI is InChI=1S/C24H27N3O2S/c1-3-27-23(28)22(30-24(27)25-19-10-6-4-7-11-19)16-18-12-13-20(17-21(18)29-2)26-14-8-5-9-15-26/h4,6-7,10-13,16-17H,3,5,8-9,14-15H2,1-2H3/b22-16-,25-24?. The molecule has 2 fully saturated rings. The normalized spacial score (nSPS) is 19.7. The molecule has 0 radical (unpaired) electrons. The number of nitrogens with zero attached hydrogens (tertiary/aromatic N) is 3. The third kappa shape index (κ3) is 4.38. The first kappa shape index (κ1) is 20.5. The number of piperidine rings is 1. The highest BCUT2D eigenvalue weighted by Crippen LogP contribution is 2.36. The first-order chi connectivity index (χ1) is 14.7. The molecule has 0 atom stereocenters. The molecule has 2 aliphatic rings. The van der Waals surface area contributed by atoms with E-state index in [1.54, 1.807) is 12.0 Å². The van der Waals surface area contributed by atoms with Gasteiger partial charge in [0.05, 0.1) is 17.7 Å². The van der Waals surface area contributed by atoms with E-state index in [0.717, 1.165) is 30.1 Å². The van der Waals surface area contributed by atoms with Crippen molar-refractivity contribution < 1.29 is 9.53 Å². The number of hydrogen-bond donors (Lipinski definition) is 0. The van der Waals surface area contributed by atoms with Crippen LogP contribution in [-0.4, -0.2) is 42.7 Å². The van der Waals surface area contributed by atoms with E-state index in [9.17, 15) is 4.79 Å². The number of hydrogen-bond acceptors (Lipinski definition) is 5. The van der Waals surface area contributed by atoms with Crippen LogP contribution in [0.1, 0.15) is 31.7 Å². The fourth-order valence-corrected chi connectivity index (χ4v) is 4.85. The molecule has 2 heterocycles. The summed E-state index contributed by atoms with van der Waals surface area (Å²) in [5.74, 6) is 0.773.